The van der Waals surface area contributed by atoms with Gasteiger partial charge in [-0.2, -0.15) is 0 Å². The molecule has 0 aliphatic rings. The molecule has 2 aromatic carbocycles. The molecule has 27 heavy (non-hydrogen) atoms. The topological polar surface area (TPSA) is 79.5 Å². The summed E-state index contributed by atoms with van der Waals surface area (Å²) in [6, 6.07) is 16.9. The smallest absolute Gasteiger partial charge is 0.251 e. The highest BCUT2D eigenvalue weighted by Gasteiger charge is 2.09. The monoisotopic (exact) mass is 369 g/mol. The first kappa shape index (κ1) is 20.6. The van der Waals surface area contributed by atoms with E-state index in [1.165, 1.54) is 0 Å². The molecule has 0 aliphatic heterocycles. The molecule has 2 rings (SSSR count). The Kier molecular flexibility index (Phi) is 8.48. The van der Waals surface area contributed by atoms with E-state index in [9.17, 15) is 9.59 Å². The molecule has 3 N–H and O–H groups in total. The van der Waals surface area contributed by atoms with E-state index in [1.807, 2.05) is 37.3 Å². The zero-order chi connectivity index (χ0) is 19.5. The zero-order valence-electron chi connectivity index (χ0n) is 15.8. The van der Waals surface area contributed by atoms with Gasteiger partial charge in [0.1, 0.15) is 0 Å². The number of benzene rings is 2. The fourth-order valence-electron chi connectivity index (χ4n) is 2.57. The third-order valence-electron chi connectivity index (χ3n) is 4.09. The van der Waals surface area contributed by atoms with E-state index < -0.39 is 0 Å². The molecule has 1 unspecified atom stereocenters. The third kappa shape index (κ3) is 7.21. The molecule has 0 heterocycles. The van der Waals surface area contributed by atoms with Crippen molar-refractivity contribution in [2.24, 2.45) is 0 Å². The molecular weight excluding hydrogens is 342 g/mol. The fourth-order valence-corrected chi connectivity index (χ4v) is 2.57. The molecule has 0 bridgehead atoms. The fraction of sp³-hybridized carbons (Fsp3) is 0.333. The predicted octanol–water partition coefficient (Wildman–Crippen LogP) is 2.74. The molecule has 0 aliphatic carbocycles. The first-order valence-corrected chi connectivity index (χ1v) is 9.05. The summed E-state index contributed by atoms with van der Waals surface area (Å²) in [4.78, 5) is 24.3. The summed E-state index contributed by atoms with van der Waals surface area (Å²) in [6.45, 7) is 3.34. The van der Waals surface area contributed by atoms with Gasteiger partial charge in [0.25, 0.3) is 5.91 Å². The standard InChI is InChI=1S/C21H27N3O3/c1-16(17-8-4-3-5-9-17)23-15-20(25)24-19-11-6-10-18(14-19)21(26)22-12-7-13-27-2/h3-6,8-11,14,16,23H,7,12-13,15H2,1-2H3,(H,22,26)(H,24,25). The Bertz CT molecular complexity index is 734. The molecule has 0 saturated carbocycles. The highest BCUT2D eigenvalue weighted by Crippen LogP contribution is 2.12. The molecule has 0 radical (unpaired) electrons. The Hall–Kier alpha value is -2.70. The lowest BCUT2D eigenvalue weighted by molar-refractivity contribution is -0.115. The number of methoxy groups -OCH3 is 1. The first-order chi connectivity index (χ1) is 13.1. The molecule has 0 aromatic heterocycles. The van der Waals surface area contributed by atoms with Crippen LogP contribution in [0.3, 0.4) is 0 Å². The van der Waals surface area contributed by atoms with Gasteiger partial charge in [0.15, 0.2) is 0 Å². The van der Waals surface area contributed by atoms with E-state index in [0.29, 0.717) is 24.4 Å². The van der Waals surface area contributed by atoms with Crippen LogP contribution >= 0.6 is 0 Å². The van der Waals surface area contributed by atoms with Crippen LogP contribution in [-0.2, 0) is 9.53 Å². The molecule has 6 heteroatoms. The lowest BCUT2D eigenvalue weighted by atomic mass is 10.1. The average Bonchev–Trinajstić information content (AvgIpc) is 2.70. The summed E-state index contributed by atoms with van der Waals surface area (Å²) < 4.78 is 4.96. The second-order valence-corrected chi connectivity index (χ2v) is 6.24. The van der Waals surface area contributed by atoms with Crippen molar-refractivity contribution >= 4 is 17.5 Å². The van der Waals surface area contributed by atoms with Crippen molar-refractivity contribution in [1.82, 2.24) is 10.6 Å². The van der Waals surface area contributed by atoms with Gasteiger partial charge in [0.05, 0.1) is 6.54 Å². The number of carbonyl (C=O) groups excluding carboxylic acids is 2. The van der Waals surface area contributed by atoms with Crippen molar-refractivity contribution in [3.8, 4) is 0 Å². The Balaban J connectivity index is 1.82. The van der Waals surface area contributed by atoms with Crippen LogP contribution in [0.5, 0.6) is 0 Å². The summed E-state index contributed by atoms with van der Waals surface area (Å²) in [6.07, 6.45) is 0.754. The normalized spacial score (nSPS) is 11.6. The molecule has 0 spiro atoms. The number of anilines is 1. The van der Waals surface area contributed by atoms with Gasteiger partial charge in [-0.1, -0.05) is 36.4 Å². The number of hydrogen-bond donors (Lipinski definition) is 3. The van der Waals surface area contributed by atoms with Gasteiger partial charge in [-0.3, -0.25) is 9.59 Å². The van der Waals surface area contributed by atoms with E-state index in [-0.39, 0.29) is 24.4 Å². The van der Waals surface area contributed by atoms with Crippen LogP contribution in [0.1, 0.15) is 35.3 Å². The van der Waals surface area contributed by atoms with Gasteiger partial charge < -0.3 is 20.7 Å². The van der Waals surface area contributed by atoms with Gasteiger partial charge in [0, 0.05) is 37.6 Å². The van der Waals surface area contributed by atoms with Crippen molar-refractivity contribution in [3.63, 3.8) is 0 Å². The Morgan fingerprint density at radius 2 is 1.85 bits per heavy atom. The van der Waals surface area contributed by atoms with Crippen LogP contribution in [-0.4, -0.2) is 38.6 Å². The Labute approximate surface area is 160 Å². The highest BCUT2D eigenvalue weighted by atomic mass is 16.5. The van der Waals surface area contributed by atoms with E-state index in [1.54, 1.807) is 31.4 Å². The largest absolute Gasteiger partial charge is 0.385 e. The number of ether oxygens (including phenoxy) is 1. The van der Waals surface area contributed by atoms with Crippen molar-refractivity contribution in [2.45, 2.75) is 19.4 Å². The number of rotatable bonds is 10. The second kappa shape index (κ2) is 11.1. The van der Waals surface area contributed by atoms with Gasteiger partial charge in [-0.05, 0) is 37.1 Å². The van der Waals surface area contributed by atoms with Crippen molar-refractivity contribution in [3.05, 3.63) is 65.7 Å². The number of hydrogen-bond acceptors (Lipinski definition) is 4. The molecule has 1 atom stereocenters. The predicted molar refractivity (Wildman–Crippen MR) is 107 cm³/mol. The molecule has 2 aromatic rings. The minimum Gasteiger partial charge on any atom is -0.385 e. The average molecular weight is 369 g/mol. The summed E-state index contributed by atoms with van der Waals surface area (Å²) in [7, 11) is 1.63. The van der Waals surface area contributed by atoms with E-state index in [4.69, 9.17) is 4.74 Å². The van der Waals surface area contributed by atoms with Crippen molar-refractivity contribution < 1.29 is 14.3 Å². The molecule has 0 fully saturated rings. The maximum Gasteiger partial charge on any atom is 0.251 e. The van der Waals surface area contributed by atoms with Crippen LogP contribution in [0.15, 0.2) is 54.6 Å². The zero-order valence-corrected chi connectivity index (χ0v) is 15.8. The summed E-state index contributed by atoms with van der Waals surface area (Å²) in [5.41, 5.74) is 2.23. The van der Waals surface area contributed by atoms with Gasteiger partial charge in [-0.15, -0.1) is 0 Å². The molecule has 2 amide bonds. The molecule has 0 saturated heterocycles. The van der Waals surface area contributed by atoms with E-state index in [0.717, 1.165) is 12.0 Å². The highest BCUT2D eigenvalue weighted by molar-refractivity contribution is 5.97. The minimum absolute atomic E-state index is 0.0705. The van der Waals surface area contributed by atoms with Crippen LogP contribution in [0.25, 0.3) is 0 Å². The van der Waals surface area contributed by atoms with Crippen LogP contribution in [0.4, 0.5) is 5.69 Å². The summed E-state index contributed by atoms with van der Waals surface area (Å²) in [5, 5.41) is 8.84. The van der Waals surface area contributed by atoms with E-state index in [2.05, 4.69) is 16.0 Å². The molecule has 144 valence electrons. The quantitative estimate of drug-likeness (QED) is 0.563. The van der Waals surface area contributed by atoms with Crippen molar-refractivity contribution in [2.75, 3.05) is 32.1 Å². The Morgan fingerprint density at radius 3 is 2.59 bits per heavy atom. The molecule has 6 nitrogen and oxygen atoms in total. The summed E-state index contributed by atoms with van der Waals surface area (Å²) >= 11 is 0. The molecular formula is C21H27N3O3. The lowest BCUT2D eigenvalue weighted by Gasteiger charge is -2.14. The number of nitrogens with one attached hydrogen (secondary N) is 3. The number of carbonyl (C=O) groups is 2. The first-order valence-electron chi connectivity index (χ1n) is 9.05. The van der Waals surface area contributed by atoms with Crippen LogP contribution in [0.2, 0.25) is 0 Å². The summed E-state index contributed by atoms with van der Waals surface area (Å²) in [5.74, 6) is -0.325. The van der Waals surface area contributed by atoms with Gasteiger partial charge in [0.2, 0.25) is 5.91 Å². The number of amides is 2. The van der Waals surface area contributed by atoms with Gasteiger partial charge in [-0.25, -0.2) is 0 Å². The van der Waals surface area contributed by atoms with E-state index >= 15 is 0 Å². The van der Waals surface area contributed by atoms with Crippen molar-refractivity contribution in [1.29, 1.82) is 0 Å². The SMILES string of the molecule is COCCCNC(=O)c1cccc(NC(=O)CNC(C)c2ccccc2)c1. The van der Waals surface area contributed by atoms with Crippen LogP contribution < -0.4 is 16.0 Å². The van der Waals surface area contributed by atoms with Crippen LogP contribution in [0, 0.1) is 0 Å². The Morgan fingerprint density at radius 1 is 1.07 bits per heavy atom. The maximum absolute atomic E-state index is 12.2. The second-order valence-electron chi connectivity index (χ2n) is 6.24. The lowest BCUT2D eigenvalue weighted by Crippen LogP contribution is -2.30. The van der Waals surface area contributed by atoms with Gasteiger partial charge >= 0.3 is 0 Å². The maximum atomic E-state index is 12.2. The minimum atomic E-state index is -0.168. The third-order valence-corrected chi connectivity index (χ3v) is 4.09.